The van der Waals surface area contributed by atoms with Gasteiger partial charge < -0.3 is 19.3 Å². The van der Waals surface area contributed by atoms with Crippen molar-refractivity contribution < 1.29 is 24.1 Å². The fraction of sp³-hybridized carbons (Fsp3) is 0.645. The number of ether oxygens (including phenoxy) is 3. The Bertz CT molecular complexity index is 906. The average molecular weight is 497 g/mol. The third kappa shape index (κ3) is 6.87. The number of carbonyl (C=O) groups is 1. The zero-order chi connectivity index (χ0) is 25.5. The summed E-state index contributed by atoms with van der Waals surface area (Å²) in [6, 6.07) is 7.20. The summed E-state index contributed by atoms with van der Waals surface area (Å²) in [5, 5.41) is 9.44. The second-order valence-electron chi connectivity index (χ2n) is 11.1. The van der Waals surface area contributed by atoms with E-state index >= 15 is 0 Å². The molecule has 2 atom stereocenters. The first-order valence-electron chi connectivity index (χ1n) is 14.0. The first-order valence-corrected chi connectivity index (χ1v) is 14.0. The summed E-state index contributed by atoms with van der Waals surface area (Å²) in [6.07, 6.45) is 13.4. The summed E-state index contributed by atoms with van der Waals surface area (Å²) in [5.74, 6) is 1.77. The zero-order valence-electron chi connectivity index (χ0n) is 22.1. The predicted octanol–water partition coefficient (Wildman–Crippen LogP) is 6.05. The SMILES string of the molecule is C=C(C)C(=O)OCC(CCO)C1OCC(C2CCC(c3ccc4c(c3)C=CC(CCC)C4)CC2)CO1. The van der Waals surface area contributed by atoms with Crippen LogP contribution in [0, 0.1) is 23.7 Å². The van der Waals surface area contributed by atoms with Crippen LogP contribution in [0.5, 0.6) is 0 Å². The van der Waals surface area contributed by atoms with E-state index in [2.05, 4.69) is 43.9 Å². The molecule has 0 bridgehead atoms. The number of aliphatic hydroxyl groups is 1. The third-order valence-electron chi connectivity index (χ3n) is 8.38. The molecule has 2 unspecified atom stereocenters. The standard InChI is InChI=1S/C31H44O5/c1-4-5-22-6-7-27-17-26(13-12-25(27)16-22)23-8-10-24(11-9-23)29-19-35-31(36-20-29)28(14-15-32)18-34-30(33)21(2)3/h6-7,12-13,17,22-24,28-29,31-32H,2,4-5,8-11,14-16,18-20H2,1,3H3. The van der Waals surface area contributed by atoms with Crippen LogP contribution in [0.25, 0.3) is 6.08 Å². The molecular weight excluding hydrogens is 452 g/mol. The van der Waals surface area contributed by atoms with Crippen molar-refractivity contribution in [2.45, 2.75) is 77.4 Å². The highest BCUT2D eigenvalue weighted by atomic mass is 16.7. The van der Waals surface area contributed by atoms with Crippen LogP contribution in [0.2, 0.25) is 0 Å². The van der Waals surface area contributed by atoms with Crippen LogP contribution < -0.4 is 0 Å². The maximum atomic E-state index is 11.8. The van der Waals surface area contributed by atoms with Gasteiger partial charge in [0.1, 0.15) is 0 Å². The van der Waals surface area contributed by atoms with Crippen molar-refractivity contribution in [1.82, 2.24) is 0 Å². The second-order valence-corrected chi connectivity index (χ2v) is 11.1. The molecule has 4 rings (SSSR count). The van der Waals surface area contributed by atoms with Gasteiger partial charge in [-0.3, -0.25) is 0 Å². The maximum absolute atomic E-state index is 11.8. The van der Waals surface area contributed by atoms with Gasteiger partial charge in [0.2, 0.25) is 0 Å². The summed E-state index contributed by atoms with van der Waals surface area (Å²) in [5.41, 5.74) is 4.80. The molecule has 3 aliphatic rings. The molecule has 1 aliphatic heterocycles. The van der Waals surface area contributed by atoms with Gasteiger partial charge in [-0.25, -0.2) is 4.79 Å². The Morgan fingerprint density at radius 1 is 1.17 bits per heavy atom. The monoisotopic (exact) mass is 496 g/mol. The molecule has 1 N–H and O–H groups in total. The summed E-state index contributed by atoms with van der Waals surface area (Å²) in [7, 11) is 0. The fourth-order valence-corrected chi connectivity index (χ4v) is 6.14. The van der Waals surface area contributed by atoms with Crippen molar-refractivity contribution in [3.63, 3.8) is 0 Å². The number of fused-ring (bicyclic) bond motifs is 1. The molecular formula is C31H44O5. The average Bonchev–Trinajstić information content (AvgIpc) is 2.91. The zero-order valence-corrected chi connectivity index (χ0v) is 22.1. The van der Waals surface area contributed by atoms with Crippen LogP contribution in [0.3, 0.4) is 0 Å². The Balaban J connectivity index is 1.24. The minimum absolute atomic E-state index is 0.00373. The molecule has 1 saturated carbocycles. The molecule has 2 fully saturated rings. The van der Waals surface area contributed by atoms with Gasteiger partial charge in [0.15, 0.2) is 6.29 Å². The Hall–Kier alpha value is -1.95. The highest BCUT2D eigenvalue weighted by Crippen LogP contribution is 2.41. The van der Waals surface area contributed by atoms with E-state index in [1.807, 2.05) is 0 Å². The van der Waals surface area contributed by atoms with E-state index in [4.69, 9.17) is 14.2 Å². The van der Waals surface area contributed by atoms with Crippen LogP contribution >= 0.6 is 0 Å². The molecule has 1 aromatic carbocycles. The molecule has 1 aromatic rings. The Kier molecular flexibility index (Phi) is 9.80. The summed E-state index contributed by atoms with van der Waals surface area (Å²) >= 11 is 0. The Labute approximate surface area is 216 Å². The molecule has 0 aromatic heterocycles. The van der Waals surface area contributed by atoms with Crippen LogP contribution in [0.1, 0.15) is 81.4 Å². The van der Waals surface area contributed by atoms with Crippen LogP contribution in [-0.4, -0.2) is 43.8 Å². The van der Waals surface area contributed by atoms with Gasteiger partial charge in [-0.15, -0.1) is 0 Å². The molecule has 1 saturated heterocycles. The predicted molar refractivity (Wildman–Crippen MR) is 142 cm³/mol. The summed E-state index contributed by atoms with van der Waals surface area (Å²) < 4.78 is 17.5. The molecule has 5 heteroatoms. The molecule has 5 nitrogen and oxygen atoms in total. The van der Waals surface area contributed by atoms with Gasteiger partial charge in [-0.1, -0.05) is 50.3 Å². The molecule has 0 amide bonds. The van der Waals surface area contributed by atoms with Gasteiger partial charge in [-0.2, -0.15) is 0 Å². The lowest BCUT2D eigenvalue weighted by Crippen LogP contribution is -2.42. The number of hydrogen-bond acceptors (Lipinski definition) is 5. The van der Waals surface area contributed by atoms with E-state index in [9.17, 15) is 9.90 Å². The fourth-order valence-electron chi connectivity index (χ4n) is 6.14. The molecule has 36 heavy (non-hydrogen) atoms. The lowest BCUT2D eigenvalue weighted by Gasteiger charge is -2.39. The molecule has 198 valence electrons. The first-order chi connectivity index (χ1) is 17.5. The first kappa shape index (κ1) is 27.1. The lowest BCUT2D eigenvalue weighted by atomic mass is 9.73. The third-order valence-corrected chi connectivity index (χ3v) is 8.38. The van der Waals surface area contributed by atoms with E-state index in [0.717, 1.165) is 0 Å². The van der Waals surface area contributed by atoms with Crippen molar-refractivity contribution in [3.8, 4) is 0 Å². The number of rotatable bonds is 10. The molecule has 1 heterocycles. The van der Waals surface area contributed by atoms with Crippen molar-refractivity contribution >= 4 is 12.0 Å². The minimum atomic E-state index is -0.442. The highest BCUT2D eigenvalue weighted by Gasteiger charge is 2.35. The van der Waals surface area contributed by atoms with Crippen molar-refractivity contribution in [2.24, 2.45) is 23.7 Å². The van der Waals surface area contributed by atoms with E-state index in [1.165, 1.54) is 61.6 Å². The van der Waals surface area contributed by atoms with Crippen molar-refractivity contribution in [2.75, 3.05) is 26.4 Å². The molecule has 0 spiro atoms. The van der Waals surface area contributed by atoms with E-state index in [1.54, 1.807) is 6.92 Å². The van der Waals surface area contributed by atoms with Gasteiger partial charge in [0.05, 0.1) is 19.8 Å². The Morgan fingerprint density at radius 2 is 1.92 bits per heavy atom. The second kappa shape index (κ2) is 13.0. The topological polar surface area (TPSA) is 65.0 Å². The van der Waals surface area contributed by atoms with Gasteiger partial charge in [-0.05, 0) is 86.3 Å². The van der Waals surface area contributed by atoms with Crippen molar-refractivity contribution in [3.05, 3.63) is 53.1 Å². The van der Waals surface area contributed by atoms with E-state index < -0.39 is 12.3 Å². The van der Waals surface area contributed by atoms with Gasteiger partial charge >= 0.3 is 5.97 Å². The quantitative estimate of drug-likeness (QED) is 0.315. The van der Waals surface area contributed by atoms with Crippen LogP contribution in [0.15, 0.2) is 36.4 Å². The number of allylic oxidation sites excluding steroid dienone is 1. The Morgan fingerprint density at radius 3 is 2.58 bits per heavy atom. The normalized spacial score (nSPS) is 28.8. The lowest BCUT2D eigenvalue weighted by molar-refractivity contribution is -0.239. The van der Waals surface area contributed by atoms with Gasteiger partial charge in [0, 0.05) is 24.0 Å². The molecule has 2 aliphatic carbocycles. The highest BCUT2D eigenvalue weighted by molar-refractivity contribution is 5.86. The minimum Gasteiger partial charge on any atom is -0.462 e. The maximum Gasteiger partial charge on any atom is 0.333 e. The smallest absolute Gasteiger partial charge is 0.333 e. The van der Waals surface area contributed by atoms with Crippen LogP contribution in [-0.2, 0) is 25.4 Å². The van der Waals surface area contributed by atoms with E-state index in [0.29, 0.717) is 48.9 Å². The summed E-state index contributed by atoms with van der Waals surface area (Å²) in [6.45, 7) is 9.02. The number of aliphatic hydroxyl groups excluding tert-OH is 1. The number of benzene rings is 1. The van der Waals surface area contributed by atoms with E-state index in [-0.39, 0.29) is 19.1 Å². The van der Waals surface area contributed by atoms with Crippen LogP contribution in [0.4, 0.5) is 0 Å². The number of esters is 1. The summed E-state index contributed by atoms with van der Waals surface area (Å²) in [4.78, 5) is 11.8. The van der Waals surface area contributed by atoms with Crippen molar-refractivity contribution in [1.29, 1.82) is 0 Å². The molecule has 0 radical (unpaired) electrons. The van der Waals surface area contributed by atoms with Gasteiger partial charge in [0.25, 0.3) is 0 Å². The number of hydrogen-bond donors (Lipinski definition) is 1. The largest absolute Gasteiger partial charge is 0.462 e. The number of carbonyl (C=O) groups excluding carboxylic acids is 1.